The predicted molar refractivity (Wildman–Crippen MR) is 63.0 cm³/mol. The minimum Gasteiger partial charge on any atom is -0.468 e. The van der Waals surface area contributed by atoms with Gasteiger partial charge in [-0.25, -0.2) is 0 Å². The van der Waals surface area contributed by atoms with Crippen molar-refractivity contribution >= 4 is 17.8 Å². The van der Waals surface area contributed by atoms with E-state index in [9.17, 15) is 9.59 Å². The van der Waals surface area contributed by atoms with Crippen LogP contribution in [0.2, 0.25) is 0 Å². The highest BCUT2D eigenvalue weighted by Crippen LogP contribution is 2.15. The molecule has 19 heavy (non-hydrogen) atoms. The third-order valence-corrected chi connectivity index (χ3v) is 2.22. The monoisotopic (exact) mass is 264 g/mol. The molecule has 0 atom stereocenters. The number of rotatable bonds is 5. The molecular weight excluding hydrogens is 252 g/mol. The minimum absolute atomic E-state index is 0.126. The molecule has 0 aliphatic carbocycles. The van der Waals surface area contributed by atoms with Crippen LogP contribution in [0.5, 0.6) is 0 Å². The van der Waals surface area contributed by atoms with E-state index >= 15 is 0 Å². The predicted octanol–water partition coefficient (Wildman–Crippen LogP) is -0.499. The summed E-state index contributed by atoms with van der Waals surface area (Å²) in [7, 11) is 2.45. The highest BCUT2D eigenvalue weighted by atomic mass is 16.5. The fourth-order valence-corrected chi connectivity index (χ4v) is 1.29. The number of nitriles is 1. The fourth-order valence-electron chi connectivity index (χ4n) is 1.29. The molecule has 1 heterocycles. The minimum atomic E-state index is -0.571. The number of carbonyl (C=O) groups excluding carboxylic acids is 2. The second-order valence-corrected chi connectivity index (χ2v) is 3.39. The van der Waals surface area contributed by atoms with Crippen LogP contribution in [0.15, 0.2) is 12.3 Å². The van der Waals surface area contributed by atoms with Crippen LogP contribution in [-0.4, -0.2) is 49.4 Å². The Hall–Kier alpha value is -2.69. The van der Waals surface area contributed by atoms with E-state index in [0.29, 0.717) is 0 Å². The van der Waals surface area contributed by atoms with Crippen LogP contribution >= 0.6 is 0 Å². The van der Waals surface area contributed by atoms with Gasteiger partial charge in [0, 0.05) is 0 Å². The summed E-state index contributed by atoms with van der Waals surface area (Å²) in [4.78, 5) is 23.9. The maximum absolute atomic E-state index is 11.3. The quantitative estimate of drug-likeness (QED) is 0.655. The second kappa shape index (κ2) is 6.90. The van der Waals surface area contributed by atoms with Crippen molar-refractivity contribution in [1.29, 1.82) is 5.26 Å². The second-order valence-electron chi connectivity index (χ2n) is 3.39. The number of anilines is 1. The average Bonchev–Trinajstić information content (AvgIpc) is 2.46. The van der Waals surface area contributed by atoms with Gasteiger partial charge >= 0.3 is 11.9 Å². The normalized spacial score (nSPS) is 9.32. The molecule has 0 unspecified atom stereocenters. The lowest BCUT2D eigenvalue weighted by atomic mass is 10.3. The summed E-state index contributed by atoms with van der Waals surface area (Å²) < 4.78 is 9.05. The number of carbonyl (C=O) groups is 2. The van der Waals surface area contributed by atoms with Gasteiger partial charge in [0.05, 0.1) is 26.0 Å². The average molecular weight is 264 g/mol. The van der Waals surface area contributed by atoms with Gasteiger partial charge in [-0.1, -0.05) is 0 Å². The molecule has 1 aromatic rings. The SMILES string of the molecule is COC(=O)CN(CC(=O)OC)c1nnccc1C#N. The van der Waals surface area contributed by atoms with Crippen LogP contribution in [0.4, 0.5) is 5.82 Å². The van der Waals surface area contributed by atoms with Gasteiger partial charge < -0.3 is 14.4 Å². The van der Waals surface area contributed by atoms with Crippen molar-refractivity contribution in [1.82, 2.24) is 10.2 Å². The number of aromatic nitrogens is 2. The maximum Gasteiger partial charge on any atom is 0.325 e. The summed E-state index contributed by atoms with van der Waals surface area (Å²) in [6.07, 6.45) is 1.34. The molecule has 0 aromatic carbocycles. The van der Waals surface area contributed by atoms with Crippen LogP contribution in [0.25, 0.3) is 0 Å². The van der Waals surface area contributed by atoms with Crippen molar-refractivity contribution in [2.75, 3.05) is 32.2 Å². The van der Waals surface area contributed by atoms with E-state index in [-0.39, 0.29) is 24.5 Å². The molecule has 8 heteroatoms. The van der Waals surface area contributed by atoms with E-state index in [4.69, 9.17) is 5.26 Å². The lowest BCUT2D eigenvalue weighted by Gasteiger charge is -2.20. The standard InChI is InChI=1S/C11H12N4O4/c1-18-9(16)6-15(7-10(17)19-2)11-8(5-12)3-4-13-14-11/h3-4H,6-7H2,1-2H3. The molecule has 1 rings (SSSR count). The largest absolute Gasteiger partial charge is 0.468 e. The van der Waals surface area contributed by atoms with E-state index in [1.165, 1.54) is 31.4 Å². The number of hydrogen-bond acceptors (Lipinski definition) is 8. The Bertz CT molecular complexity index is 494. The zero-order chi connectivity index (χ0) is 14.3. The highest BCUT2D eigenvalue weighted by Gasteiger charge is 2.20. The highest BCUT2D eigenvalue weighted by molar-refractivity contribution is 5.81. The fraction of sp³-hybridized carbons (Fsp3) is 0.364. The van der Waals surface area contributed by atoms with Gasteiger partial charge in [0.15, 0.2) is 5.82 Å². The van der Waals surface area contributed by atoms with Crippen molar-refractivity contribution < 1.29 is 19.1 Å². The van der Waals surface area contributed by atoms with E-state index < -0.39 is 11.9 Å². The van der Waals surface area contributed by atoms with Crippen molar-refractivity contribution in [3.63, 3.8) is 0 Å². The molecule has 0 aliphatic heterocycles. The molecule has 0 radical (unpaired) electrons. The van der Waals surface area contributed by atoms with Crippen LogP contribution < -0.4 is 4.90 Å². The van der Waals surface area contributed by atoms with Crippen LogP contribution in [0.3, 0.4) is 0 Å². The Morgan fingerprint density at radius 3 is 2.37 bits per heavy atom. The first kappa shape index (κ1) is 14.4. The molecule has 1 aromatic heterocycles. The molecule has 0 saturated heterocycles. The maximum atomic E-state index is 11.3. The molecule has 0 bridgehead atoms. The number of ether oxygens (including phenoxy) is 2. The van der Waals surface area contributed by atoms with Crippen LogP contribution in [0, 0.1) is 11.3 Å². The first-order valence-electron chi connectivity index (χ1n) is 5.22. The molecule has 8 nitrogen and oxygen atoms in total. The van der Waals surface area contributed by atoms with E-state index in [1.807, 2.05) is 6.07 Å². The van der Waals surface area contributed by atoms with E-state index in [2.05, 4.69) is 19.7 Å². The number of esters is 2. The number of hydrogen-bond donors (Lipinski definition) is 0. The zero-order valence-electron chi connectivity index (χ0n) is 10.5. The van der Waals surface area contributed by atoms with Gasteiger partial charge in [-0.15, -0.1) is 5.10 Å². The third-order valence-electron chi connectivity index (χ3n) is 2.22. The first-order valence-corrected chi connectivity index (χ1v) is 5.22. The van der Waals surface area contributed by atoms with Crippen molar-refractivity contribution in [3.05, 3.63) is 17.8 Å². The summed E-state index contributed by atoms with van der Waals surface area (Å²) in [6, 6.07) is 3.34. The number of methoxy groups -OCH3 is 2. The molecule has 0 N–H and O–H groups in total. The van der Waals surface area contributed by atoms with Crippen LogP contribution in [0.1, 0.15) is 5.56 Å². The third kappa shape index (κ3) is 3.92. The van der Waals surface area contributed by atoms with E-state index in [1.54, 1.807) is 0 Å². The first-order chi connectivity index (χ1) is 9.12. The molecular formula is C11H12N4O4. The van der Waals surface area contributed by atoms with Gasteiger partial charge in [-0.2, -0.15) is 10.4 Å². The van der Waals surface area contributed by atoms with Crippen molar-refractivity contribution in [2.24, 2.45) is 0 Å². The molecule has 0 saturated carbocycles. The summed E-state index contributed by atoms with van der Waals surface area (Å²) in [5.41, 5.74) is 0.197. The lowest BCUT2D eigenvalue weighted by molar-refractivity contribution is -0.140. The molecule has 0 amide bonds. The summed E-state index contributed by atoms with van der Waals surface area (Å²) >= 11 is 0. The zero-order valence-corrected chi connectivity index (χ0v) is 10.5. The Morgan fingerprint density at radius 1 is 1.32 bits per heavy atom. The molecule has 100 valence electrons. The summed E-state index contributed by atoms with van der Waals surface area (Å²) in [5.74, 6) is -1.02. The Balaban J connectivity index is 3.04. The Morgan fingerprint density at radius 2 is 1.89 bits per heavy atom. The molecule has 0 aliphatic rings. The summed E-state index contributed by atoms with van der Waals surface area (Å²) in [6.45, 7) is -0.474. The Kier molecular flexibility index (Phi) is 5.22. The molecule has 0 fully saturated rings. The lowest BCUT2D eigenvalue weighted by Crippen LogP contribution is -2.36. The van der Waals surface area contributed by atoms with Crippen molar-refractivity contribution in [2.45, 2.75) is 0 Å². The van der Waals surface area contributed by atoms with Crippen molar-refractivity contribution in [3.8, 4) is 6.07 Å². The Labute approximate surface area is 109 Å². The molecule has 0 spiro atoms. The smallest absolute Gasteiger partial charge is 0.325 e. The van der Waals surface area contributed by atoms with Gasteiger partial charge in [-0.3, -0.25) is 9.59 Å². The van der Waals surface area contributed by atoms with Crippen LogP contribution in [-0.2, 0) is 19.1 Å². The van der Waals surface area contributed by atoms with Gasteiger partial charge in [-0.05, 0) is 6.07 Å². The van der Waals surface area contributed by atoms with Gasteiger partial charge in [0.2, 0.25) is 0 Å². The summed E-state index contributed by atoms with van der Waals surface area (Å²) in [5, 5.41) is 16.4. The van der Waals surface area contributed by atoms with Gasteiger partial charge in [0.1, 0.15) is 19.2 Å². The van der Waals surface area contributed by atoms with Gasteiger partial charge in [0.25, 0.3) is 0 Å². The van der Waals surface area contributed by atoms with E-state index in [0.717, 1.165) is 0 Å². The number of nitrogens with zero attached hydrogens (tertiary/aromatic N) is 4. The topological polar surface area (TPSA) is 105 Å².